The molecule has 12 nitrogen and oxygen atoms in total. The number of ether oxygens (including phenoxy) is 1. The Balaban J connectivity index is 0.00000253. The molecule has 4 amide bonds. The molecule has 4 rings (SSSR count). The van der Waals surface area contributed by atoms with Crippen molar-refractivity contribution in [1.29, 1.82) is 0 Å². The van der Waals surface area contributed by atoms with Gasteiger partial charge in [0.05, 0.1) is 6.04 Å². The number of hydrogen-bond acceptors (Lipinski definition) is 8. The smallest absolute Gasteiger partial charge is 0.408 e. The number of alkyl carbamates (subject to hydrolysis) is 1. The molecule has 1 aliphatic heterocycles. The Morgan fingerprint density at radius 2 is 1.52 bits per heavy atom. The number of nitrogens with one attached hydrogen (secondary N) is 2. The van der Waals surface area contributed by atoms with Gasteiger partial charge in [0.1, 0.15) is 17.7 Å². The van der Waals surface area contributed by atoms with Gasteiger partial charge in [0, 0.05) is 45.8 Å². The Labute approximate surface area is 321 Å². The van der Waals surface area contributed by atoms with Crippen LogP contribution in [0.4, 0.5) is 4.79 Å². The Morgan fingerprint density at radius 1 is 0.907 bits per heavy atom. The Morgan fingerprint density at radius 3 is 2.04 bits per heavy atom. The third kappa shape index (κ3) is 12.5. The molecule has 1 heterocycles. The molecular weight excluding hydrogens is 688 g/mol. The lowest BCUT2D eigenvalue weighted by molar-refractivity contribution is -0.144. The summed E-state index contributed by atoms with van der Waals surface area (Å²) in [5.41, 5.74) is -0.850. The molecule has 54 heavy (non-hydrogen) atoms. The fourth-order valence-corrected chi connectivity index (χ4v) is 7.12. The van der Waals surface area contributed by atoms with Gasteiger partial charge in [-0.25, -0.2) is 4.79 Å². The van der Waals surface area contributed by atoms with Gasteiger partial charge in [-0.1, -0.05) is 90.6 Å². The molecule has 3 fully saturated rings. The zero-order valence-electron chi connectivity index (χ0n) is 34.2. The van der Waals surface area contributed by atoms with Gasteiger partial charge >= 0.3 is 6.09 Å². The number of amides is 4. The zero-order chi connectivity index (χ0) is 40.5. The van der Waals surface area contributed by atoms with Crippen molar-refractivity contribution in [3.63, 3.8) is 0 Å². The summed E-state index contributed by atoms with van der Waals surface area (Å²) in [7, 11) is 3.17. The Hall–Kier alpha value is -4.09. The number of hydrogen-bond donors (Lipinski definition) is 2. The predicted octanol–water partition coefficient (Wildman–Crippen LogP) is 5.82. The summed E-state index contributed by atoms with van der Waals surface area (Å²) < 4.78 is 5.43. The lowest BCUT2D eigenvalue weighted by atomic mass is 9.75. The number of nitrogens with zero attached hydrogens (tertiary/aromatic N) is 2. The van der Waals surface area contributed by atoms with Gasteiger partial charge in [0.25, 0.3) is 0 Å². The average molecular weight is 753 g/mol. The topological polar surface area (TPSA) is 159 Å². The molecule has 6 atom stereocenters. The van der Waals surface area contributed by atoms with Crippen LogP contribution >= 0.6 is 0 Å². The summed E-state index contributed by atoms with van der Waals surface area (Å²) in [5, 5.41) is 5.44. The molecule has 0 aromatic heterocycles. The first kappa shape index (κ1) is 44.3. The molecule has 1 aromatic rings. The second-order valence-electron chi connectivity index (χ2n) is 17.6. The van der Waals surface area contributed by atoms with Crippen LogP contribution in [-0.2, 0) is 33.5 Å². The highest BCUT2D eigenvalue weighted by Crippen LogP contribution is 2.51. The highest BCUT2D eigenvalue weighted by atomic mass is 16.6. The predicted molar refractivity (Wildman–Crippen MR) is 206 cm³/mol. The standard InChI is InChI=1S/C39H56N4O8.C3H8/c1-38(2,3)34(41-37(50)51-39(4,5)6)36(49)43-22-26-20-27(26)32(43)29(45)21-25(19-23-13-12-14-23)33(47)28(44)17-18-30(46)40-31(35(48)42(7)8)24-15-10-9-11-16-24;1-3-2/h9-11,15-16,23,25-27,31-32,34H,12-14,17-22H2,1-8H3,(H,40,46)(H,41,50);3H2,1-2H3/t25?,26-,27-,31-,32-,34+;/m0./s1. The van der Waals surface area contributed by atoms with Crippen LogP contribution in [-0.4, -0.2) is 89.3 Å². The van der Waals surface area contributed by atoms with E-state index >= 15 is 0 Å². The van der Waals surface area contributed by atoms with Gasteiger partial charge in [0.2, 0.25) is 23.5 Å². The number of ketones is 3. The number of piperidine rings is 1. The van der Waals surface area contributed by atoms with Crippen molar-refractivity contribution in [2.45, 2.75) is 137 Å². The van der Waals surface area contributed by atoms with Gasteiger partial charge < -0.3 is 25.2 Å². The molecule has 2 aliphatic carbocycles. The third-order valence-electron chi connectivity index (χ3n) is 10.2. The molecule has 3 aliphatic rings. The minimum Gasteiger partial charge on any atom is -0.444 e. The van der Waals surface area contributed by atoms with Crippen LogP contribution in [0, 0.1) is 29.1 Å². The summed E-state index contributed by atoms with van der Waals surface area (Å²) in [6, 6.07) is 6.15. The lowest BCUT2D eigenvalue weighted by Crippen LogP contribution is -2.58. The first-order valence-corrected chi connectivity index (χ1v) is 19.6. The van der Waals surface area contributed by atoms with Gasteiger partial charge in [-0.2, -0.15) is 0 Å². The summed E-state index contributed by atoms with van der Waals surface area (Å²) >= 11 is 0. The van der Waals surface area contributed by atoms with Crippen molar-refractivity contribution in [3.8, 4) is 0 Å². The van der Waals surface area contributed by atoms with Crippen molar-refractivity contribution < 1.29 is 38.3 Å². The maximum absolute atomic E-state index is 14.1. The first-order valence-electron chi connectivity index (χ1n) is 19.6. The third-order valence-corrected chi connectivity index (χ3v) is 10.2. The van der Waals surface area contributed by atoms with E-state index in [1.165, 1.54) is 11.3 Å². The number of Topliss-reactive ketones (excluding diaryl/α,β-unsaturated/α-hetero) is 3. The van der Waals surface area contributed by atoms with Gasteiger partial charge in [-0.15, -0.1) is 0 Å². The minimum atomic E-state index is -0.949. The van der Waals surface area contributed by atoms with Crippen molar-refractivity contribution in [3.05, 3.63) is 35.9 Å². The number of fused-ring (bicyclic) bond motifs is 1. The van der Waals surface area contributed by atoms with E-state index in [-0.39, 0.29) is 54.6 Å². The summed E-state index contributed by atoms with van der Waals surface area (Å²) in [6.45, 7) is 15.4. The number of carbonyl (C=O) groups is 7. The van der Waals surface area contributed by atoms with E-state index in [1.807, 2.05) is 20.8 Å². The fraction of sp³-hybridized carbons (Fsp3) is 0.690. The molecule has 0 radical (unpaired) electrons. The molecule has 2 N–H and O–H groups in total. The van der Waals surface area contributed by atoms with Crippen LogP contribution < -0.4 is 10.6 Å². The molecule has 12 heteroatoms. The van der Waals surface area contributed by atoms with E-state index in [2.05, 4.69) is 24.5 Å². The number of likely N-dealkylation sites (tertiary alicyclic amines) is 1. The highest BCUT2D eigenvalue weighted by molar-refractivity contribution is 6.38. The Bertz CT molecular complexity index is 1510. The van der Waals surface area contributed by atoms with Crippen LogP contribution in [0.2, 0.25) is 0 Å². The van der Waals surface area contributed by atoms with Crippen molar-refractivity contribution >= 4 is 41.2 Å². The molecule has 1 saturated heterocycles. The van der Waals surface area contributed by atoms with E-state index in [0.717, 1.165) is 25.7 Å². The number of benzene rings is 1. The maximum Gasteiger partial charge on any atom is 0.408 e. The van der Waals surface area contributed by atoms with Gasteiger partial charge in [-0.3, -0.25) is 28.8 Å². The van der Waals surface area contributed by atoms with Gasteiger partial charge in [0.15, 0.2) is 11.6 Å². The quantitative estimate of drug-likeness (QED) is 0.212. The summed E-state index contributed by atoms with van der Waals surface area (Å²) in [5.74, 6) is -3.37. The normalized spacial score (nSPS) is 20.8. The second-order valence-corrected chi connectivity index (χ2v) is 17.6. The van der Waals surface area contributed by atoms with E-state index < -0.39 is 58.6 Å². The second kappa shape index (κ2) is 19.0. The fourth-order valence-electron chi connectivity index (χ4n) is 7.12. The van der Waals surface area contributed by atoms with Crippen LogP contribution in [0.15, 0.2) is 30.3 Å². The summed E-state index contributed by atoms with van der Waals surface area (Å²) in [6.07, 6.45) is 3.78. The van der Waals surface area contributed by atoms with Crippen molar-refractivity contribution in [2.24, 2.45) is 29.1 Å². The molecule has 2 saturated carbocycles. The molecule has 0 spiro atoms. The molecular formula is C42H64N4O8. The zero-order valence-corrected chi connectivity index (χ0v) is 34.2. The SMILES string of the molecule is CCC.CN(C)C(=O)[C@@H](NC(=O)CCC(=O)C(=O)C(CC(=O)[C@@H]1[C@H]2C[C@H]2CN1C(=O)[C@@H](NC(=O)OC(C)(C)C)C(C)(C)C)CC1CCC1)c1ccccc1. The highest BCUT2D eigenvalue weighted by Gasteiger charge is 2.58. The number of likely N-dealkylation sites (N-methyl/N-ethyl adjacent to an activating group) is 1. The first-order chi connectivity index (χ1) is 25.2. The maximum atomic E-state index is 14.1. The molecule has 0 bridgehead atoms. The minimum absolute atomic E-state index is 0.0233. The van der Waals surface area contributed by atoms with Crippen LogP contribution in [0.1, 0.15) is 125 Å². The average Bonchev–Trinajstić information content (AvgIpc) is 3.72. The van der Waals surface area contributed by atoms with E-state index in [1.54, 1.807) is 70.1 Å². The van der Waals surface area contributed by atoms with E-state index in [9.17, 15) is 33.6 Å². The number of carbonyl (C=O) groups excluding carboxylic acids is 7. The van der Waals surface area contributed by atoms with Crippen molar-refractivity contribution in [1.82, 2.24) is 20.4 Å². The molecule has 300 valence electrons. The van der Waals surface area contributed by atoms with Gasteiger partial charge in [-0.05, 0) is 62.3 Å². The van der Waals surface area contributed by atoms with E-state index in [4.69, 9.17) is 4.74 Å². The monoisotopic (exact) mass is 752 g/mol. The van der Waals surface area contributed by atoms with Crippen LogP contribution in [0.25, 0.3) is 0 Å². The molecule has 1 unspecified atom stereocenters. The van der Waals surface area contributed by atoms with Crippen LogP contribution in [0.3, 0.4) is 0 Å². The number of rotatable bonds is 15. The van der Waals surface area contributed by atoms with Crippen LogP contribution in [0.5, 0.6) is 0 Å². The largest absolute Gasteiger partial charge is 0.444 e. The van der Waals surface area contributed by atoms with E-state index in [0.29, 0.717) is 18.5 Å². The molecule has 1 aromatic carbocycles. The lowest BCUT2D eigenvalue weighted by Gasteiger charge is -2.37. The Kier molecular flexibility index (Phi) is 15.6. The summed E-state index contributed by atoms with van der Waals surface area (Å²) in [4.78, 5) is 96.6. The van der Waals surface area contributed by atoms with Crippen molar-refractivity contribution in [2.75, 3.05) is 20.6 Å².